The standard InChI is InChI=1S/C8H11NO4S2/c1-2-6(8(10)11)9-15(12,13)7-4-3-5-14-7/h3-6,9H,2H2,1H3,(H,10,11)/t6-/m1/s1. The fraction of sp³-hybridized carbons (Fsp3) is 0.375. The van der Waals surface area contributed by atoms with Crippen molar-refractivity contribution in [1.29, 1.82) is 0 Å². The monoisotopic (exact) mass is 249 g/mol. The highest BCUT2D eigenvalue weighted by Gasteiger charge is 2.24. The zero-order valence-corrected chi connectivity index (χ0v) is 9.64. The van der Waals surface area contributed by atoms with Gasteiger partial charge in [0.15, 0.2) is 0 Å². The van der Waals surface area contributed by atoms with Crippen LogP contribution in [0.25, 0.3) is 0 Å². The van der Waals surface area contributed by atoms with E-state index >= 15 is 0 Å². The molecular weight excluding hydrogens is 238 g/mol. The third-order valence-corrected chi connectivity index (χ3v) is 4.63. The van der Waals surface area contributed by atoms with Crippen molar-refractivity contribution < 1.29 is 18.3 Å². The van der Waals surface area contributed by atoms with Crippen LogP contribution in [0.3, 0.4) is 0 Å². The number of nitrogens with one attached hydrogen (secondary N) is 1. The van der Waals surface area contributed by atoms with E-state index in [9.17, 15) is 13.2 Å². The lowest BCUT2D eigenvalue weighted by molar-refractivity contribution is -0.139. The number of aliphatic carboxylic acids is 1. The van der Waals surface area contributed by atoms with Gasteiger partial charge in [-0.2, -0.15) is 4.72 Å². The fourth-order valence-electron chi connectivity index (χ4n) is 0.970. The SMILES string of the molecule is CC[C@@H](NS(=O)(=O)c1cccs1)C(=O)O. The molecule has 0 amide bonds. The van der Waals surface area contributed by atoms with Crippen molar-refractivity contribution >= 4 is 27.3 Å². The van der Waals surface area contributed by atoms with Gasteiger partial charge in [-0.3, -0.25) is 4.79 Å². The van der Waals surface area contributed by atoms with E-state index in [0.29, 0.717) is 0 Å². The molecule has 84 valence electrons. The predicted octanol–water partition coefficient (Wildman–Crippen LogP) is 0.890. The molecule has 0 aliphatic rings. The Morgan fingerprint density at radius 3 is 2.73 bits per heavy atom. The Hall–Kier alpha value is -0.920. The first-order valence-corrected chi connectivity index (χ1v) is 6.62. The van der Waals surface area contributed by atoms with Crippen molar-refractivity contribution in [3.05, 3.63) is 17.5 Å². The molecule has 0 spiro atoms. The van der Waals surface area contributed by atoms with Crippen LogP contribution in [0.2, 0.25) is 0 Å². The topological polar surface area (TPSA) is 83.5 Å². The van der Waals surface area contributed by atoms with Crippen LogP contribution in [0.5, 0.6) is 0 Å². The van der Waals surface area contributed by atoms with Crippen LogP contribution < -0.4 is 4.72 Å². The van der Waals surface area contributed by atoms with Crippen LogP contribution in [0, 0.1) is 0 Å². The van der Waals surface area contributed by atoms with Crippen LogP contribution >= 0.6 is 11.3 Å². The molecular formula is C8H11NO4S2. The van der Waals surface area contributed by atoms with Crippen molar-refractivity contribution in [3.63, 3.8) is 0 Å². The normalized spacial score (nSPS) is 13.7. The highest BCUT2D eigenvalue weighted by molar-refractivity contribution is 7.91. The van der Waals surface area contributed by atoms with Gasteiger partial charge in [0.1, 0.15) is 10.3 Å². The number of thiophene rings is 1. The molecule has 0 bridgehead atoms. The first-order valence-electron chi connectivity index (χ1n) is 4.26. The summed E-state index contributed by atoms with van der Waals surface area (Å²) in [6.45, 7) is 1.61. The summed E-state index contributed by atoms with van der Waals surface area (Å²) in [5.74, 6) is -1.17. The summed E-state index contributed by atoms with van der Waals surface area (Å²) in [7, 11) is -3.69. The number of carbonyl (C=O) groups is 1. The van der Waals surface area contributed by atoms with Crippen LogP contribution in [0.1, 0.15) is 13.3 Å². The van der Waals surface area contributed by atoms with Crippen LogP contribution in [0.4, 0.5) is 0 Å². The molecule has 0 saturated carbocycles. The Labute approximate surface area is 91.8 Å². The Morgan fingerprint density at radius 2 is 2.33 bits per heavy atom. The minimum absolute atomic E-state index is 0.127. The summed E-state index contributed by atoms with van der Waals surface area (Å²) in [6.07, 6.45) is 0.208. The largest absolute Gasteiger partial charge is 0.480 e. The number of carboxylic acids is 1. The molecule has 1 aromatic heterocycles. The average Bonchev–Trinajstić information content (AvgIpc) is 2.67. The van der Waals surface area contributed by atoms with E-state index in [1.807, 2.05) is 0 Å². The molecule has 1 heterocycles. The molecule has 1 rings (SSSR count). The third kappa shape index (κ3) is 3.01. The van der Waals surface area contributed by atoms with E-state index in [2.05, 4.69) is 4.72 Å². The number of hydrogen-bond acceptors (Lipinski definition) is 4. The lowest BCUT2D eigenvalue weighted by atomic mass is 10.2. The molecule has 1 aromatic rings. The van der Waals surface area contributed by atoms with Crippen molar-refractivity contribution in [2.45, 2.75) is 23.6 Å². The Morgan fingerprint density at radius 1 is 1.67 bits per heavy atom. The van der Waals surface area contributed by atoms with Crippen LogP contribution in [0.15, 0.2) is 21.7 Å². The maximum atomic E-state index is 11.6. The highest BCUT2D eigenvalue weighted by atomic mass is 32.2. The number of hydrogen-bond donors (Lipinski definition) is 2. The molecule has 2 N–H and O–H groups in total. The summed E-state index contributed by atoms with van der Waals surface area (Å²) in [6, 6.07) is 1.96. The maximum Gasteiger partial charge on any atom is 0.321 e. The Kier molecular flexibility index (Phi) is 3.83. The second kappa shape index (κ2) is 4.73. The molecule has 0 radical (unpaired) electrons. The minimum Gasteiger partial charge on any atom is -0.480 e. The predicted molar refractivity (Wildman–Crippen MR) is 56.4 cm³/mol. The lowest BCUT2D eigenvalue weighted by Gasteiger charge is -2.11. The quantitative estimate of drug-likeness (QED) is 0.811. The van der Waals surface area contributed by atoms with Crippen LogP contribution in [-0.4, -0.2) is 25.5 Å². The van der Waals surface area contributed by atoms with Gasteiger partial charge < -0.3 is 5.11 Å². The van der Waals surface area contributed by atoms with Crippen LogP contribution in [-0.2, 0) is 14.8 Å². The summed E-state index contributed by atoms with van der Waals surface area (Å²) < 4.78 is 25.5. The summed E-state index contributed by atoms with van der Waals surface area (Å²) in [4.78, 5) is 10.7. The highest BCUT2D eigenvalue weighted by Crippen LogP contribution is 2.16. The van der Waals surface area contributed by atoms with E-state index in [0.717, 1.165) is 11.3 Å². The minimum atomic E-state index is -3.69. The van der Waals surface area contributed by atoms with Crippen molar-refractivity contribution in [2.75, 3.05) is 0 Å². The fourth-order valence-corrected chi connectivity index (χ4v) is 3.25. The van der Waals surface area contributed by atoms with Crippen molar-refractivity contribution in [1.82, 2.24) is 4.72 Å². The zero-order chi connectivity index (χ0) is 11.5. The van der Waals surface area contributed by atoms with Crippen molar-refractivity contribution in [2.24, 2.45) is 0 Å². The van der Waals surface area contributed by atoms with Gasteiger partial charge in [0.05, 0.1) is 0 Å². The lowest BCUT2D eigenvalue weighted by Crippen LogP contribution is -2.39. The van der Waals surface area contributed by atoms with E-state index in [4.69, 9.17) is 5.11 Å². The van der Waals surface area contributed by atoms with Gasteiger partial charge in [-0.15, -0.1) is 11.3 Å². The van der Waals surface area contributed by atoms with E-state index < -0.39 is 22.0 Å². The van der Waals surface area contributed by atoms with Gasteiger partial charge in [0.2, 0.25) is 0 Å². The Bertz CT molecular complexity index is 424. The smallest absolute Gasteiger partial charge is 0.321 e. The summed E-state index contributed by atoms with van der Waals surface area (Å²) >= 11 is 1.05. The van der Waals surface area contributed by atoms with Gasteiger partial charge in [-0.05, 0) is 17.9 Å². The first-order chi connectivity index (χ1) is 6.97. The third-order valence-electron chi connectivity index (χ3n) is 1.76. The number of rotatable bonds is 5. The van der Waals surface area contributed by atoms with E-state index in [-0.39, 0.29) is 10.6 Å². The second-order valence-corrected chi connectivity index (χ2v) is 5.74. The zero-order valence-electron chi connectivity index (χ0n) is 8.00. The molecule has 0 saturated heterocycles. The van der Waals surface area contributed by atoms with Gasteiger partial charge in [0.25, 0.3) is 10.0 Å². The summed E-state index contributed by atoms with van der Waals surface area (Å²) in [5.41, 5.74) is 0. The Balaban J connectivity index is 2.86. The molecule has 0 fully saturated rings. The van der Waals surface area contributed by atoms with Gasteiger partial charge in [-0.25, -0.2) is 8.42 Å². The summed E-state index contributed by atoms with van der Waals surface area (Å²) in [5, 5.41) is 10.3. The molecule has 15 heavy (non-hydrogen) atoms. The average molecular weight is 249 g/mol. The molecule has 7 heteroatoms. The number of sulfonamides is 1. The number of carboxylic acid groups (broad SMARTS) is 1. The van der Waals surface area contributed by atoms with Crippen molar-refractivity contribution in [3.8, 4) is 0 Å². The van der Waals surface area contributed by atoms with E-state index in [1.165, 1.54) is 6.07 Å². The first kappa shape index (κ1) is 12.2. The molecule has 0 aromatic carbocycles. The molecule has 0 aliphatic heterocycles. The molecule has 1 atom stereocenters. The van der Waals surface area contributed by atoms with Gasteiger partial charge in [0, 0.05) is 0 Å². The molecule has 5 nitrogen and oxygen atoms in total. The van der Waals surface area contributed by atoms with Gasteiger partial charge in [-0.1, -0.05) is 13.0 Å². The van der Waals surface area contributed by atoms with Gasteiger partial charge >= 0.3 is 5.97 Å². The maximum absolute atomic E-state index is 11.6. The second-order valence-electron chi connectivity index (χ2n) is 2.85. The van der Waals surface area contributed by atoms with E-state index in [1.54, 1.807) is 18.4 Å². The molecule has 0 unspecified atom stereocenters. The molecule has 0 aliphatic carbocycles.